The molecule has 5 heteroatoms. The van der Waals surface area contributed by atoms with Crippen molar-refractivity contribution in [2.24, 2.45) is 0 Å². The van der Waals surface area contributed by atoms with Crippen molar-refractivity contribution in [3.8, 4) is 0 Å². The maximum Gasteiger partial charge on any atom is 0.246 e. The number of nitrogens with zero attached hydrogens (tertiary/aromatic N) is 1. The molecule has 17 heavy (non-hydrogen) atoms. The first-order chi connectivity index (χ1) is 8.40. The highest BCUT2D eigenvalue weighted by Crippen LogP contribution is 2.11. The largest absolute Gasteiger partial charge is 0.413 e. The summed E-state index contributed by atoms with van der Waals surface area (Å²) >= 11 is 0. The van der Waals surface area contributed by atoms with Gasteiger partial charge in [0, 0.05) is 12.8 Å². The van der Waals surface area contributed by atoms with E-state index in [1.54, 1.807) is 6.20 Å². The third kappa shape index (κ3) is 4.55. The summed E-state index contributed by atoms with van der Waals surface area (Å²) in [7, 11) is 3.00. The van der Waals surface area contributed by atoms with Crippen LogP contribution < -0.4 is 0 Å². The molecule has 4 nitrogen and oxygen atoms in total. The molecule has 0 bridgehead atoms. The molecule has 2 heterocycles. The minimum absolute atomic E-state index is 0.352. The number of pyridine rings is 1. The van der Waals surface area contributed by atoms with E-state index in [2.05, 4.69) is 21.5 Å². The van der Waals surface area contributed by atoms with Gasteiger partial charge in [-0.3, -0.25) is 4.98 Å². The molecule has 1 fully saturated rings. The maximum atomic E-state index is 5.49. The summed E-state index contributed by atoms with van der Waals surface area (Å²) < 4.78 is 15.5. The summed E-state index contributed by atoms with van der Waals surface area (Å²) in [5, 5.41) is 0. The molecular formula is C12H16NO3Si. The van der Waals surface area contributed by atoms with Gasteiger partial charge in [0.15, 0.2) is 0 Å². The molecule has 0 saturated carbocycles. The Balaban J connectivity index is 1.69. The van der Waals surface area contributed by atoms with E-state index in [4.69, 9.17) is 13.9 Å². The fraction of sp³-hybridized carbons (Fsp3) is 0.583. The Labute approximate surface area is 105 Å². The van der Waals surface area contributed by atoms with Gasteiger partial charge in [-0.1, -0.05) is 6.07 Å². The summed E-state index contributed by atoms with van der Waals surface area (Å²) in [6.45, 7) is 2.84. The van der Waals surface area contributed by atoms with Gasteiger partial charge in [0.1, 0.15) is 6.10 Å². The number of rotatable bonds is 8. The van der Waals surface area contributed by atoms with Crippen molar-refractivity contribution in [2.45, 2.75) is 25.6 Å². The highest BCUT2D eigenvalue weighted by Gasteiger charge is 2.21. The van der Waals surface area contributed by atoms with Crippen LogP contribution in [0.3, 0.4) is 0 Å². The predicted molar refractivity (Wildman–Crippen MR) is 63.7 cm³/mol. The van der Waals surface area contributed by atoms with Gasteiger partial charge >= 0.3 is 0 Å². The van der Waals surface area contributed by atoms with Crippen LogP contribution in [0.2, 0.25) is 0 Å². The molecule has 0 aliphatic carbocycles. The zero-order chi connectivity index (χ0) is 11.9. The van der Waals surface area contributed by atoms with Crippen molar-refractivity contribution in [2.75, 3.05) is 19.8 Å². The number of hydrogen-bond donors (Lipinski definition) is 0. The summed E-state index contributed by atoms with van der Waals surface area (Å²) in [5.74, 6) is 0. The van der Waals surface area contributed by atoms with Crippen LogP contribution in [0.25, 0.3) is 0 Å². The normalized spacial score (nSPS) is 18.3. The van der Waals surface area contributed by atoms with E-state index in [1.165, 1.54) is 5.56 Å². The van der Waals surface area contributed by atoms with Gasteiger partial charge in [0.25, 0.3) is 0 Å². The first kappa shape index (κ1) is 12.7. The second-order valence-electron chi connectivity index (χ2n) is 4.03. The topological polar surface area (TPSA) is 43.9 Å². The van der Waals surface area contributed by atoms with Crippen LogP contribution in [-0.2, 0) is 26.9 Å². The van der Waals surface area contributed by atoms with Crippen LogP contribution in [0.4, 0.5) is 0 Å². The number of hydrogen-bond acceptors (Lipinski definition) is 4. The van der Waals surface area contributed by atoms with Crippen molar-refractivity contribution < 1.29 is 13.9 Å². The van der Waals surface area contributed by atoms with E-state index < -0.39 is 0 Å². The molecule has 0 N–H and O–H groups in total. The summed E-state index contributed by atoms with van der Waals surface area (Å²) in [4.78, 5) is 4.29. The van der Waals surface area contributed by atoms with Crippen molar-refractivity contribution in [1.29, 1.82) is 0 Å². The fourth-order valence-electron chi connectivity index (χ4n) is 1.64. The van der Waals surface area contributed by atoms with Gasteiger partial charge < -0.3 is 13.9 Å². The standard InChI is InChI=1S/C12H16NO3Si/c17-16-9-12-10(3-1-5-13-12)4-2-6-14-7-11-8-15-11/h1,3,5,11H,2,4,6-9H2. The van der Waals surface area contributed by atoms with E-state index in [0.717, 1.165) is 38.4 Å². The molecule has 0 aromatic carbocycles. The van der Waals surface area contributed by atoms with Crippen LogP contribution in [0.5, 0.6) is 0 Å². The number of aryl methyl sites for hydroxylation is 1. The van der Waals surface area contributed by atoms with E-state index in [0.29, 0.717) is 12.7 Å². The number of ether oxygens (including phenoxy) is 2. The van der Waals surface area contributed by atoms with E-state index in [1.807, 2.05) is 6.07 Å². The number of aromatic nitrogens is 1. The molecule has 1 atom stereocenters. The first-order valence-corrected chi connectivity index (χ1v) is 6.21. The average Bonchev–Trinajstić information content (AvgIpc) is 3.15. The highest BCUT2D eigenvalue weighted by atomic mass is 28.2. The molecule has 1 unspecified atom stereocenters. The van der Waals surface area contributed by atoms with Crippen LogP contribution in [-0.4, -0.2) is 41.4 Å². The molecule has 1 aromatic heterocycles. The summed E-state index contributed by atoms with van der Waals surface area (Å²) in [6, 6.07) is 4.03. The Hall–Kier alpha value is -0.753. The third-order valence-electron chi connectivity index (χ3n) is 2.63. The van der Waals surface area contributed by atoms with Gasteiger partial charge in [0.05, 0.1) is 25.5 Å². The maximum absolute atomic E-state index is 5.49. The summed E-state index contributed by atoms with van der Waals surface area (Å²) in [5.41, 5.74) is 2.20. The van der Waals surface area contributed by atoms with Gasteiger partial charge in [0.2, 0.25) is 10.5 Å². The molecule has 1 aromatic rings. The van der Waals surface area contributed by atoms with E-state index in [9.17, 15) is 0 Å². The smallest absolute Gasteiger partial charge is 0.246 e. The molecule has 1 saturated heterocycles. The Morgan fingerprint density at radius 1 is 1.53 bits per heavy atom. The van der Waals surface area contributed by atoms with Crippen LogP contribution in [0.15, 0.2) is 18.3 Å². The predicted octanol–water partition coefficient (Wildman–Crippen LogP) is 1.03. The van der Waals surface area contributed by atoms with E-state index in [-0.39, 0.29) is 0 Å². The first-order valence-electron chi connectivity index (χ1n) is 5.81. The van der Waals surface area contributed by atoms with Crippen molar-refractivity contribution in [1.82, 2.24) is 4.98 Å². The van der Waals surface area contributed by atoms with Gasteiger partial charge in [-0.2, -0.15) is 0 Å². The molecule has 3 radical (unpaired) electrons. The van der Waals surface area contributed by atoms with Gasteiger partial charge in [-0.05, 0) is 24.5 Å². The minimum atomic E-state index is 0.352. The molecule has 0 amide bonds. The Morgan fingerprint density at radius 3 is 3.18 bits per heavy atom. The minimum Gasteiger partial charge on any atom is -0.413 e. The SMILES string of the molecule is [Si]OCc1ncccc1CCCOCC1CO1. The lowest BCUT2D eigenvalue weighted by Crippen LogP contribution is -2.05. The molecule has 1 aliphatic heterocycles. The molecule has 1 aliphatic rings. The molecular weight excluding hydrogens is 234 g/mol. The van der Waals surface area contributed by atoms with Gasteiger partial charge in [-0.15, -0.1) is 0 Å². The Bertz CT molecular complexity index is 344. The summed E-state index contributed by atoms with van der Waals surface area (Å²) in [6.07, 6.45) is 4.09. The monoisotopic (exact) mass is 250 g/mol. The van der Waals surface area contributed by atoms with Crippen molar-refractivity contribution >= 4 is 10.5 Å². The zero-order valence-corrected chi connectivity index (χ0v) is 10.7. The van der Waals surface area contributed by atoms with Crippen LogP contribution in [0, 0.1) is 0 Å². The lowest BCUT2D eigenvalue weighted by molar-refractivity contribution is 0.114. The lowest BCUT2D eigenvalue weighted by Gasteiger charge is -2.07. The second-order valence-corrected chi connectivity index (χ2v) is 4.32. The van der Waals surface area contributed by atoms with E-state index >= 15 is 0 Å². The Kier molecular flexibility index (Phi) is 5.12. The van der Waals surface area contributed by atoms with Crippen molar-refractivity contribution in [3.05, 3.63) is 29.6 Å². The quantitative estimate of drug-likeness (QED) is 0.393. The molecule has 2 rings (SSSR count). The lowest BCUT2D eigenvalue weighted by atomic mass is 10.1. The average molecular weight is 250 g/mol. The zero-order valence-electron chi connectivity index (χ0n) is 9.72. The second kappa shape index (κ2) is 6.86. The van der Waals surface area contributed by atoms with Gasteiger partial charge in [-0.25, -0.2) is 0 Å². The molecule has 91 valence electrons. The molecule has 0 spiro atoms. The Morgan fingerprint density at radius 2 is 2.41 bits per heavy atom. The third-order valence-corrected chi connectivity index (χ3v) is 2.78. The van der Waals surface area contributed by atoms with Crippen LogP contribution >= 0.6 is 0 Å². The number of epoxide rings is 1. The van der Waals surface area contributed by atoms with Crippen LogP contribution in [0.1, 0.15) is 17.7 Å². The fourth-order valence-corrected chi connectivity index (χ4v) is 1.78. The highest BCUT2D eigenvalue weighted by molar-refractivity contribution is 5.97. The van der Waals surface area contributed by atoms with Crippen molar-refractivity contribution in [3.63, 3.8) is 0 Å².